The highest BCUT2D eigenvalue weighted by molar-refractivity contribution is 7.99. The summed E-state index contributed by atoms with van der Waals surface area (Å²) in [5.74, 6) is 0.909. The van der Waals surface area contributed by atoms with Gasteiger partial charge in [0.05, 0.1) is 6.61 Å². The van der Waals surface area contributed by atoms with E-state index in [9.17, 15) is 5.11 Å². The van der Waals surface area contributed by atoms with Crippen molar-refractivity contribution in [1.82, 2.24) is 5.32 Å². The van der Waals surface area contributed by atoms with E-state index in [0.29, 0.717) is 5.25 Å². The van der Waals surface area contributed by atoms with Crippen molar-refractivity contribution in [2.75, 3.05) is 13.7 Å². The predicted molar refractivity (Wildman–Crippen MR) is 81.4 cm³/mol. The van der Waals surface area contributed by atoms with Crippen molar-refractivity contribution in [3.63, 3.8) is 0 Å². The summed E-state index contributed by atoms with van der Waals surface area (Å²) in [7, 11) is 1.89. The molecule has 0 fully saturated rings. The molecule has 18 heavy (non-hydrogen) atoms. The van der Waals surface area contributed by atoms with Crippen molar-refractivity contribution in [3.05, 3.63) is 34.9 Å². The van der Waals surface area contributed by atoms with Crippen LogP contribution in [-0.4, -0.2) is 29.5 Å². The van der Waals surface area contributed by atoms with Crippen LogP contribution < -0.4 is 5.32 Å². The molecule has 1 rings (SSSR count). The number of rotatable bonds is 7. The average molecular weight is 288 g/mol. The van der Waals surface area contributed by atoms with Crippen LogP contribution in [0.25, 0.3) is 0 Å². The zero-order valence-corrected chi connectivity index (χ0v) is 12.8. The molecule has 0 aromatic heterocycles. The number of benzene rings is 1. The molecule has 0 spiro atoms. The number of hydrogen-bond acceptors (Lipinski definition) is 3. The average Bonchev–Trinajstić information content (AvgIpc) is 2.37. The summed E-state index contributed by atoms with van der Waals surface area (Å²) < 4.78 is 0. The third-order valence-electron chi connectivity index (χ3n) is 3.17. The monoisotopic (exact) mass is 287 g/mol. The molecule has 0 heterocycles. The van der Waals surface area contributed by atoms with Gasteiger partial charge in [-0.15, -0.1) is 0 Å². The lowest BCUT2D eigenvalue weighted by atomic mass is 9.97. The molecule has 0 radical (unpaired) electrons. The second kappa shape index (κ2) is 7.39. The first-order chi connectivity index (χ1) is 8.50. The Hall–Kier alpha value is -0.220. The molecule has 102 valence electrons. The van der Waals surface area contributed by atoms with Gasteiger partial charge in [-0.2, -0.15) is 11.8 Å². The molecule has 0 aliphatic carbocycles. The summed E-state index contributed by atoms with van der Waals surface area (Å²) in [6.45, 7) is 4.38. The molecule has 4 heteroatoms. The normalized spacial score (nSPS) is 16.3. The SMILES string of the molecule is CNC(C)(CO)CC(C)SCc1ccccc1Cl. The Bertz CT molecular complexity index is 369. The Morgan fingerprint density at radius 3 is 2.67 bits per heavy atom. The number of aliphatic hydroxyl groups is 1. The maximum atomic E-state index is 9.37. The van der Waals surface area contributed by atoms with Crippen molar-refractivity contribution in [3.8, 4) is 0 Å². The van der Waals surface area contributed by atoms with Crippen LogP contribution in [0, 0.1) is 0 Å². The highest BCUT2D eigenvalue weighted by atomic mass is 35.5. The molecule has 2 unspecified atom stereocenters. The van der Waals surface area contributed by atoms with Gasteiger partial charge in [-0.3, -0.25) is 0 Å². The van der Waals surface area contributed by atoms with Gasteiger partial charge < -0.3 is 10.4 Å². The van der Waals surface area contributed by atoms with Crippen molar-refractivity contribution in [2.45, 2.75) is 36.8 Å². The molecule has 2 N–H and O–H groups in total. The van der Waals surface area contributed by atoms with Gasteiger partial charge in [0.25, 0.3) is 0 Å². The minimum atomic E-state index is -0.201. The van der Waals surface area contributed by atoms with Crippen molar-refractivity contribution in [2.24, 2.45) is 0 Å². The van der Waals surface area contributed by atoms with Crippen LogP contribution in [-0.2, 0) is 5.75 Å². The fourth-order valence-corrected chi connectivity index (χ4v) is 3.27. The molecule has 0 amide bonds. The van der Waals surface area contributed by atoms with E-state index in [1.807, 2.05) is 43.9 Å². The third kappa shape index (κ3) is 4.81. The van der Waals surface area contributed by atoms with Gasteiger partial charge in [0.2, 0.25) is 0 Å². The molecule has 0 aliphatic heterocycles. The highest BCUT2D eigenvalue weighted by Gasteiger charge is 2.23. The highest BCUT2D eigenvalue weighted by Crippen LogP contribution is 2.27. The Balaban J connectivity index is 2.47. The Morgan fingerprint density at radius 2 is 2.11 bits per heavy atom. The summed E-state index contributed by atoms with van der Waals surface area (Å²) in [5, 5.41) is 13.8. The number of likely N-dealkylation sites (N-methyl/N-ethyl adjacent to an activating group) is 1. The lowest BCUT2D eigenvalue weighted by molar-refractivity contribution is 0.174. The lowest BCUT2D eigenvalue weighted by Crippen LogP contribution is -2.45. The maximum absolute atomic E-state index is 9.37. The first-order valence-corrected chi connectivity index (χ1v) is 7.58. The zero-order chi connectivity index (χ0) is 13.6. The van der Waals surface area contributed by atoms with Crippen LogP contribution in [0.4, 0.5) is 0 Å². The lowest BCUT2D eigenvalue weighted by Gasteiger charge is -2.29. The molecule has 1 aromatic carbocycles. The number of thioether (sulfide) groups is 1. The topological polar surface area (TPSA) is 32.3 Å². The molecule has 2 nitrogen and oxygen atoms in total. The van der Waals surface area contributed by atoms with Gasteiger partial charge in [0.15, 0.2) is 0 Å². The Morgan fingerprint density at radius 1 is 1.44 bits per heavy atom. The molecule has 2 atom stereocenters. The Labute approximate surface area is 119 Å². The number of aliphatic hydroxyl groups excluding tert-OH is 1. The van der Waals surface area contributed by atoms with E-state index in [1.54, 1.807) is 0 Å². The standard InChI is InChI=1S/C14H22ClNOS/c1-11(8-14(2,10-17)16-3)18-9-12-6-4-5-7-13(12)15/h4-7,11,16-17H,8-10H2,1-3H3. The summed E-state index contributed by atoms with van der Waals surface area (Å²) in [6.07, 6.45) is 0.926. The fraction of sp³-hybridized carbons (Fsp3) is 0.571. The van der Waals surface area contributed by atoms with E-state index in [4.69, 9.17) is 11.6 Å². The van der Waals surface area contributed by atoms with E-state index >= 15 is 0 Å². The van der Waals surface area contributed by atoms with Crippen molar-refractivity contribution < 1.29 is 5.11 Å². The number of hydrogen-bond donors (Lipinski definition) is 2. The van der Waals surface area contributed by atoms with Crippen LogP contribution in [0.15, 0.2) is 24.3 Å². The van der Waals surface area contributed by atoms with Crippen LogP contribution in [0.2, 0.25) is 5.02 Å². The van der Waals surface area contributed by atoms with Crippen LogP contribution in [0.5, 0.6) is 0 Å². The molecular formula is C14H22ClNOS. The van der Waals surface area contributed by atoms with Crippen molar-refractivity contribution >= 4 is 23.4 Å². The minimum Gasteiger partial charge on any atom is -0.394 e. The number of nitrogens with one attached hydrogen (secondary N) is 1. The first-order valence-electron chi connectivity index (χ1n) is 6.15. The van der Waals surface area contributed by atoms with E-state index < -0.39 is 0 Å². The second-order valence-electron chi connectivity index (χ2n) is 4.89. The predicted octanol–water partition coefficient (Wildman–Crippen LogP) is 3.32. The van der Waals surface area contributed by atoms with Crippen LogP contribution >= 0.6 is 23.4 Å². The molecular weight excluding hydrogens is 266 g/mol. The zero-order valence-electron chi connectivity index (χ0n) is 11.2. The molecule has 0 saturated heterocycles. The molecule has 0 aliphatic rings. The van der Waals surface area contributed by atoms with Gasteiger partial charge >= 0.3 is 0 Å². The summed E-state index contributed by atoms with van der Waals surface area (Å²) in [4.78, 5) is 0. The fourth-order valence-electron chi connectivity index (χ4n) is 1.79. The van der Waals surface area contributed by atoms with Crippen LogP contribution in [0.3, 0.4) is 0 Å². The van der Waals surface area contributed by atoms with Crippen LogP contribution in [0.1, 0.15) is 25.8 Å². The number of halogens is 1. The summed E-state index contributed by atoms with van der Waals surface area (Å²) >= 11 is 8.00. The summed E-state index contributed by atoms with van der Waals surface area (Å²) in [6, 6.07) is 7.94. The van der Waals surface area contributed by atoms with Gasteiger partial charge in [0.1, 0.15) is 0 Å². The van der Waals surface area contributed by atoms with Crippen molar-refractivity contribution in [1.29, 1.82) is 0 Å². The van der Waals surface area contributed by atoms with E-state index in [-0.39, 0.29) is 12.1 Å². The molecule has 0 bridgehead atoms. The molecule has 1 aromatic rings. The van der Waals surface area contributed by atoms with Gasteiger partial charge in [-0.25, -0.2) is 0 Å². The largest absolute Gasteiger partial charge is 0.394 e. The third-order valence-corrected chi connectivity index (χ3v) is 4.75. The van der Waals surface area contributed by atoms with Gasteiger partial charge in [-0.1, -0.05) is 36.7 Å². The van der Waals surface area contributed by atoms with E-state index in [1.165, 1.54) is 5.56 Å². The first kappa shape index (κ1) is 15.8. The molecule has 0 saturated carbocycles. The Kier molecular flexibility index (Phi) is 6.50. The summed E-state index contributed by atoms with van der Waals surface area (Å²) in [5.41, 5.74) is 0.971. The smallest absolute Gasteiger partial charge is 0.0610 e. The van der Waals surface area contributed by atoms with Gasteiger partial charge in [0, 0.05) is 21.6 Å². The van der Waals surface area contributed by atoms with Gasteiger partial charge in [-0.05, 0) is 32.0 Å². The second-order valence-corrected chi connectivity index (χ2v) is 6.72. The van der Waals surface area contributed by atoms with E-state index in [0.717, 1.165) is 17.2 Å². The van der Waals surface area contributed by atoms with E-state index in [2.05, 4.69) is 18.3 Å². The quantitative estimate of drug-likeness (QED) is 0.807. The minimum absolute atomic E-state index is 0.153. The maximum Gasteiger partial charge on any atom is 0.0610 e.